The molecular weight excluding hydrogens is 319 g/mol. The summed E-state index contributed by atoms with van der Waals surface area (Å²) in [5, 5.41) is 6.56. The summed E-state index contributed by atoms with van der Waals surface area (Å²) in [4.78, 5) is 8.86. The zero-order valence-electron chi connectivity index (χ0n) is 14.4. The number of rotatable bonds is 4. The van der Waals surface area contributed by atoms with Crippen molar-refractivity contribution in [2.24, 2.45) is 0 Å². The third-order valence-electron chi connectivity index (χ3n) is 5.06. The maximum absolute atomic E-state index is 14.1. The predicted molar refractivity (Wildman–Crippen MR) is 95.0 cm³/mol. The zero-order chi connectivity index (χ0) is 17.3. The standard InChI is InChI=1S/C19H23FN4O/c1-13-9-22-18(24-17(13)15-6-2-3-7-16(15)20)23-10-14-5-4-8-19(25-14)11-21-12-19/h2-3,6-7,9,14,21H,4-5,8,10-12H2,1H3,(H,22,23,24). The molecule has 0 bridgehead atoms. The van der Waals surface area contributed by atoms with Gasteiger partial charge in [0.15, 0.2) is 0 Å². The van der Waals surface area contributed by atoms with Crippen LogP contribution in [0.25, 0.3) is 11.3 Å². The highest BCUT2D eigenvalue weighted by atomic mass is 19.1. The van der Waals surface area contributed by atoms with Crippen molar-refractivity contribution in [3.8, 4) is 11.3 Å². The van der Waals surface area contributed by atoms with Gasteiger partial charge in [-0.1, -0.05) is 12.1 Å². The average molecular weight is 342 g/mol. The molecule has 0 saturated carbocycles. The number of nitrogens with zero attached hydrogens (tertiary/aromatic N) is 2. The van der Waals surface area contributed by atoms with Crippen molar-refractivity contribution in [3.05, 3.63) is 41.8 Å². The Morgan fingerprint density at radius 2 is 2.20 bits per heavy atom. The molecule has 1 atom stereocenters. The van der Waals surface area contributed by atoms with E-state index in [4.69, 9.17) is 4.74 Å². The summed E-state index contributed by atoms with van der Waals surface area (Å²) in [7, 11) is 0. The summed E-state index contributed by atoms with van der Waals surface area (Å²) >= 11 is 0. The van der Waals surface area contributed by atoms with E-state index in [2.05, 4.69) is 20.6 Å². The number of halogens is 1. The Morgan fingerprint density at radius 1 is 1.36 bits per heavy atom. The first-order valence-electron chi connectivity index (χ1n) is 8.86. The molecule has 1 unspecified atom stereocenters. The lowest BCUT2D eigenvalue weighted by atomic mass is 9.86. The highest BCUT2D eigenvalue weighted by Crippen LogP contribution is 2.32. The van der Waals surface area contributed by atoms with Gasteiger partial charge in [-0.15, -0.1) is 0 Å². The fraction of sp³-hybridized carbons (Fsp3) is 0.474. The van der Waals surface area contributed by atoms with Gasteiger partial charge in [0.05, 0.1) is 17.4 Å². The second-order valence-electron chi connectivity index (χ2n) is 7.00. The molecule has 5 nitrogen and oxygen atoms in total. The van der Waals surface area contributed by atoms with Crippen LogP contribution in [0.5, 0.6) is 0 Å². The second kappa shape index (κ2) is 6.69. The van der Waals surface area contributed by atoms with Gasteiger partial charge in [0.2, 0.25) is 5.95 Å². The Labute approximate surface area is 147 Å². The first-order valence-corrected chi connectivity index (χ1v) is 8.86. The largest absolute Gasteiger partial charge is 0.367 e. The van der Waals surface area contributed by atoms with E-state index in [-0.39, 0.29) is 17.5 Å². The minimum absolute atomic E-state index is 0.0387. The maximum atomic E-state index is 14.1. The van der Waals surface area contributed by atoms with Gasteiger partial charge in [-0.25, -0.2) is 14.4 Å². The normalized spacial score (nSPS) is 21.8. The Morgan fingerprint density at radius 3 is 2.96 bits per heavy atom. The minimum atomic E-state index is -0.273. The molecule has 2 fully saturated rings. The van der Waals surface area contributed by atoms with E-state index in [0.717, 1.165) is 31.5 Å². The van der Waals surface area contributed by atoms with E-state index in [9.17, 15) is 4.39 Å². The van der Waals surface area contributed by atoms with E-state index in [1.807, 2.05) is 13.0 Å². The van der Waals surface area contributed by atoms with Crippen LogP contribution in [-0.2, 0) is 4.74 Å². The summed E-state index contributed by atoms with van der Waals surface area (Å²) in [6, 6.07) is 6.69. The molecular formula is C19H23FN4O. The molecule has 2 N–H and O–H groups in total. The van der Waals surface area contributed by atoms with Crippen molar-refractivity contribution in [1.82, 2.24) is 15.3 Å². The van der Waals surface area contributed by atoms with Crippen molar-refractivity contribution in [2.75, 3.05) is 25.0 Å². The average Bonchev–Trinajstić information content (AvgIpc) is 2.61. The summed E-state index contributed by atoms with van der Waals surface area (Å²) < 4.78 is 20.3. The number of hydrogen-bond donors (Lipinski definition) is 2. The van der Waals surface area contributed by atoms with Crippen LogP contribution in [0.2, 0.25) is 0 Å². The molecule has 0 aliphatic carbocycles. The molecule has 2 aliphatic rings. The minimum Gasteiger partial charge on any atom is -0.367 e. The number of benzene rings is 1. The molecule has 1 aromatic heterocycles. The first-order chi connectivity index (χ1) is 12.2. The Balaban J connectivity index is 1.46. The quantitative estimate of drug-likeness (QED) is 0.895. The smallest absolute Gasteiger partial charge is 0.223 e. The van der Waals surface area contributed by atoms with Gasteiger partial charge in [-0.3, -0.25) is 0 Å². The summed E-state index contributed by atoms with van der Waals surface area (Å²) in [5.74, 6) is 0.240. The lowest BCUT2D eigenvalue weighted by Crippen LogP contribution is -2.64. The number of hydrogen-bond acceptors (Lipinski definition) is 5. The van der Waals surface area contributed by atoms with Crippen LogP contribution in [0.15, 0.2) is 30.5 Å². The van der Waals surface area contributed by atoms with Crippen molar-refractivity contribution in [1.29, 1.82) is 0 Å². The summed E-state index contributed by atoms with van der Waals surface area (Å²) in [6.07, 6.45) is 5.26. The molecule has 4 rings (SSSR count). The number of nitrogens with one attached hydrogen (secondary N) is 2. The van der Waals surface area contributed by atoms with Gasteiger partial charge < -0.3 is 15.4 Å². The molecule has 2 saturated heterocycles. The number of anilines is 1. The number of ether oxygens (including phenoxy) is 1. The Bertz CT molecular complexity index is 763. The van der Waals surface area contributed by atoms with Crippen LogP contribution < -0.4 is 10.6 Å². The SMILES string of the molecule is Cc1cnc(NCC2CCCC3(CNC3)O2)nc1-c1ccccc1F. The van der Waals surface area contributed by atoms with Crippen molar-refractivity contribution < 1.29 is 9.13 Å². The second-order valence-corrected chi connectivity index (χ2v) is 7.00. The van der Waals surface area contributed by atoms with Crippen molar-refractivity contribution >= 4 is 5.95 Å². The van der Waals surface area contributed by atoms with Crippen LogP contribution >= 0.6 is 0 Å². The molecule has 2 aliphatic heterocycles. The van der Waals surface area contributed by atoms with Gasteiger partial charge in [0, 0.05) is 31.4 Å². The number of aryl methyl sites for hydroxylation is 1. The highest BCUT2D eigenvalue weighted by molar-refractivity contribution is 5.64. The molecule has 25 heavy (non-hydrogen) atoms. The molecule has 132 valence electrons. The van der Waals surface area contributed by atoms with Crippen molar-refractivity contribution in [2.45, 2.75) is 37.9 Å². The monoisotopic (exact) mass is 342 g/mol. The van der Waals surface area contributed by atoms with Gasteiger partial charge in [-0.05, 0) is 43.9 Å². The van der Waals surface area contributed by atoms with Crippen LogP contribution in [0.3, 0.4) is 0 Å². The van der Waals surface area contributed by atoms with Crippen LogP contribution in [0.4, 0.5) is 10.3 Å². The maximum Gasteiger partial charge on any atom is 0.223 e. The third kappa shape index (κ3) is 3.37. The highest BCUT2D eigenvalue weighted by Gasteiger charge is 2.42. The van der Waals surface area contributed by atoms with E-state index < -0.39 is 0 Å². The van der Waals surface area contributed by atoms with E-state index in [0.29, 0.717) is 23.8 Å². The van der Waals surface area contributed by atoms with Gasteiger partial charge in [0.1, 0.15) is 5.82 Å². The third-order valence-corrected chi connectivity index (χ3v) is 5.06. The fourth-order valence-corrected chi connectivity index (χ4v) is 3.59. The van der Waals surface area contributed by atoms with Gasteiger partial charge in [0.25, 0.3) is 0 Å². The Kier molecular flexibility index (Phi) is 4.39. The van der Waals surface area contributed by atoms with Gasteiger partial charge >= 0.3 is 0 Å². The lowest BCUT2D eigenvalue weighted by Gasteiger charge is -2.48. The summed E-state index contributed by atoms with van der Waals surface area (Å²) in [5.41, 5.74) is 2.01. The molecule has 0 amide bonds. The zero-order valence-corrected chi connectivity index (χ0v) is 14.4. The molecule has 0 radical (unpaired) electrons. The predicted octanol–water partition coefficient (Wildman–Crippen LogP) is 2.91. The summed E-state index contributed by atoms with van der Waals surface area (Å²) in [6.45, 7) is 4.45. The van der Waals surface area contributed by atoms with E-state index in [1.54, 1.807) is 18.3 Å². The lowest BCUT2D eigenvalue weighted by molar-refractivity contribution is -0.148. The fourth-order valence-electron chi connectivity index (χ4n) is 3.59. The molecule has 1 aromatic carbocycles. The van der Waals surface area contributed by atoms with Gasteiger partial charge in [-0.2, -0.15) is 0 Å². The van der Waals surface area contributed by atoms with Crippen LogP contribution in [0.1, 0.15) is 24.8 Å². The first kappa shape index (κ1) is 16.4. The molecule has 6 heteroatoms. The van der Waals surface area contributed by atoms with Crippen LogP contribution in [-0.4, -0.2) is 41.3 Å². The van der Waals surface area contributed by atoms with E-state index in [1.165, 1.54) is 12.5 Å². The van der Waals surface area contributed by atoms with Crippen LogP contribution in [0, 0.1) is 12.7 Å². The van der Waals surface area contributed by atoms with E-state index >= 15 is 0 Å². The Hall–Kier alpha value is -2.05. The molecule has 2 aromatic rings. The molecule has 3 heterocycles. The van der Waals surface area contributed by atoms with Crippen molar-refractivity contribution in [3.63, 3.8) is 0 Å². The topological polar surface area (TPSA) is 59.1 Å². The number of aromatic nitrogens is 2. The molecule has 1 spiro atoms.